The minimum Gasteiger partial charge on any atom is -0.352 e. The summed E-state index contributed by atoms with van der Waals surface area (Å²) < 4.78 is 44.4. The summed E-state index contributed by atoms with van der Waals surface area (Å²) in [5.41, 5.74) is 1.68. The van der Waals surface area contributed by atoms with E-state index in [1.807, 2.05) is 24.0 Å². The number of nitrogens with zero attached hydrogens (tertiary/aromatic N) is 5. The highest BCUT2D eigenvalue weighted by Gasteiger charge is 2.30. The van der Waals surface area contributed by atoms with Crippen LogP contribution in [0.2, 0.25) is 0 Å². The Hall–Kier alpha value is -4.08. The molecule has 0 aliphatic rings. The Morgan fingerprint density at radius 1 is 1.06 bits per heavy atom. The standard InChI is InChI=1S/C24H21F3N6O/c1-31-12-11-28-21(31)9-10-29-23(34)15-3-8-20-18(13-15)19-14-32(2)30-22(19)33(20)17-6-4-16(5-7-17)24(25,26)27/h3-8,11-14H,9-10H2,1-2H3,(H,29,34). The highest BCUT2D eigenvalue weighted by atomic mass is 19.4. The molecule has 0 aliphatic heterocycles. The Kier molecular flexibility index (Phi) is 5.15. The number of aryl methyl sites for hydroxylation is 2. The number of fused-ring (bicyclic) bond motifs is 3. The summed E-state index contributed by atoms with van der Waals surface area (Å²) in [6, 6.07) is 10.2. The van der Waals surface area contributed by atoms with Gasteiger partial charge < -0.3 is 9.88 Å². The molecular weight excluding hydrogens is 445 g/mol. The van der Waals surface area contributed by atoms with Gasteiger partial charge in [0.05, 0.1) is 11.1 Å². The molecule has 0 saturated carbocycles. The van der Waals surface area contributed by atoms with Gasteiger partial charge >= 0.3 is 6.18 Å². The molecular formula is C24H21F3N6O. The van der Waals surface area contributed by atoms with Gasteiger partial charge in [-0.1, -0.05) is 0 Å². The van der Waals surface area contributed by atoms with Crippen LogP contribution >= 0.6 is 0 Å². The first-order valence-corrected chi connectivity index (χ1v) is 10.6. The Labute approximate surface area is 192 Å². The Morgan fingerprint density at radius 3 is 2.50 bits per heavy atom. The van der Waals surface area contributed by atoms with Crippen LogP contribution in [0.15, 0.2) is 61.1 Å². The third-order valence-corrected chi connectivity index (χ3v) is 5.82. The quantitative estimate of drug-likeness (QED) is 0.421. The maximum absolute atomic E-state index is 13.0. The van der Waals surface area contributed by atoms with Crippen LogP contribution in [0.3, 0.4) is 0 Å². The third-order valence-electron chi connectivity index (χ3n) is 5.82. The highest BCUT2D eigenvalue weighted by molar-refractivity contribution is 6.10. The average Bonchev–Trinajstić information content (AvgIpc) is 3.46. The number of rotatable bonds is 5. The van der Waals surface area contributed by atoms with Gasteiger partial charge in [0.2, 0.25) is 0 Å². The first-order valence-electron chi connectivity index (χ1n) is 10.6. The molecule has 5 rings (SSSR count). The Balaban J connectivity index is 1.49. The molecule has 0 bridgehead atoms. The molecule has 3 aromatic heterocycles. The average molecular weight is 466 g/mol. The van der Waals surface area contributed by atoms with Crippen molar-refractivity contribution in [2.75, 3.05) is 6.54 Å². The van der Waals surface area contributed by atoms with Crippen LogP contribution in [0.1, 0.15) is 21.7 Å². The minimum absolute atomic E-state index is 0.213. The zero-order valence-corrected chi connectivity index (χ0v) is 18.5. The monoisotopic (exact) mass is 466 g/mol. The van der Waals surface area contributed by atoms with E-state index in [1.165, 1.54) is 12.1 Å². The smallest absolute Gasteiger partial charge is 0.352 e. The van der Waals surface area contributed by atoms with Crippen LogP contribution in [0, 0.1) is 0 Å². The molecule has 0 saturated heterocycles. The van der Waals surface area contributed by atoms with Crippen LogP contribution in [-0.2, 0) is 26.7 Å². The fourth-order valence-corrected chi connectivity index (χ4v) is 4.12. The molecule has 10 heteroatoms. The predicted octanol–water partition coefficient (Wildman–Crippen LogP) is 4.24. The van der Waals surface area contributed by atoms with Gasteiger partial charge in [-0.25, -0.2) is 4.98 Å². The van der Waals surface area contributed by atoms with E-state index in [0.29, 0.717) is 29.9 Å². The molecule has 3 heterocycles. The largest absolute Gasteiger partial charge is 0.416 e. The number of hydrogen-bond donors (Lipinski definition) is 1. The van der Waals surface area contributed by atoms with Crippen LogP contribution in [0.25, 0.3) is 27.6 Å². The van der Waals surface area contributed by atoms with Gasteiger partial charge in [0, 0.05) is 67.7 Å². The lowest BCUT2D eigenvalue weighted by Gasteiger charge is -2.10. The third kappa shape index (κ3) is 3.81. The van der Waals surface area contributed by atoms with Crippen molar-refractivity contribution in [3.8, 4) is 5.69 Å². The van der Waals surface area contributed by atoms with E-state index >= 15 is 0 Å². The second-order valence-corrected chi connectivity index (χ2v) is 8.11. The number of halogens is 3. The lowest BCUT2D eigenvalue weighted by molar-refractivity contribution is -0.137. The molecule has 0 aliphatic carbocycles. The number of alkyl halides is 3. The van der Waals surface area contributed by atoms with E-state index in [-0.39, 0.29) is 5.91 Å². The van der Waals surface area contributed by atoms with E-state index in [0.717, 1.165) is 34.2 Å². The topological polar surface area (TPSA) is 69.7 Å². The molecule has 174 valence electrons. The molecule has 0 spiro atoms. The molecule has 34 heavy (non-hydrogen) atoms. The van der Waals surface area contributed by atoms with Crippen LogP contribution in [0.5, 0.6) is 0 Å². The van der Waals surface area contributed by atoms with E-state index in [9.17, 15) is 18.0 Å². The van der Waals surface area contributed by atoms with Crippen LogP contribution in [0.4, 0.5) is 13.2 Å². The van der Waals surface area contributed by atoms with Crippen molar-refractivity contribution < 1.29 is 18.0 Å². The number of nitrogens with one attached hydrogen (secondary N) is 1. The molecule has 0 radical (unpaired) electrons. The summed E-state index contributed by atoms with van der Waals surface area (Å²) in [7, 11) is 3.68. The van der Waals surface area contributed by atoms with Crippen molar-refractivity contribution in [1.29, 1.82) is 0 Å². The SMILES string of the molecule is Cn1cc2c3cc(C(=O)NCCc4nccn4C)ccc3n(-c3ccc(C(F)(F)F)cc3)c2n1. The number of aromatic nitrogens is 5. The summed E-state index contributed by atoms with van der Waals surface area (Å²) in [5, 5.41) is 9.02. The van der Waals surface area contributed by atoms with Crippen molar-refractivity contribution >= 4 is 27.8 Å². The number of imidazole rings is 1. The van der Waals surface area contributed by atoms with E-state index in [4.69, 9.17) is 0 Å². The van der Waals surface area contributed by atoms with Gasteiger partial charge in [0.25, 0.3) is 5.91 Å². The molecule has 1 amide bonds. The summed E-state index contributed by atoms with van der Waals surface area (Å²) in [6.07, 6.45) is 1.60. The Bertz CT molecular complexity index is 1510. The normalized spacial score (nSPS) is 12.0. The fourth-order valence-electron chi connectivity index (χ4n) is 4.12. The molecule has 2 aromatic carbocycles. The van der Waals surface area contributed by atoms with Gasteiger partial charge in [-0.3, -0.25) is 14.0 Å². The molecule has 0 fully saturated rings. The predicted molar refractivity (Wildman–Crippen MR) is 122 cm³/mol. The van der Waals surface area contributed by atoms with E-state index in [1.54, 1.807) is 40.7 Å². The van der Waals surface area contributed by atoms with Crippen LogP contribution < -0.4 is 5.32 Å². The summed E-state index contributed by atoms with van der Waals surface area (Å²) in [6.45, 7) is 0.441. The van der Waals surface area contributed by atoms with E-state index < -0.39 is 11.7 Å². The summed E-state index contributed by atoms with van der Waals surface area (Å²) in [4.78, 5) is 17.0. The van der Waals surface area contributed by atoms with Gasteiger partial charge in [-0.15, -0.1) is 0 Å². The van der Waals surface area contributed by atoms with Crippen molar-refractivity contribution in [3.63, 3.8) is 0 Å². The number of amides is 1. The molecule has 0 atom stereocenters. The molecule has 0 unspecified atom stereocenters. The van der Waals surface area contributed by atoms with E-state index in [2.05, 4.69) is 15.4 Å². The lowest BCUT2D eigenvalue weighted by Crippen LogP contribution is -2.26. The van der Waals surface area contributed by atoms with Gasteiger partial charge in [0.15, 0.2) is 5.65 Å². The van der Waals surface area contributed by atoms with Crippen molar-refractivity contribution in [2.45, 2.75) is 12.6 Å². The fraction of sp³-hybridized carbons (Fsp3) is 0.208. The lowest BCUT2D eigenvalue weighted by atomic mass is 10.1. The number of benzene rings is 2. The maximum Gasteiger partial charge on any atom is 0.416 e. The number of carbonyl (C=O) groups excluding carboxylic acids is 1. The Morgan fingerprint density at radius 2 is 1.82 bits per heavy atom. The maximum atomic E-state index is 13.0. The first kappa shape index (κ1) is 21.7. The molecule has 7 nitrogen and oxygen atoms in total. The van der Waals surface area contributed by atoms with Gasteiger partial charge in [-0.2, -0.15) is 18.3 Å². The van der Waals surface area contributed by atoms with Crippen molar-refractivity contribution in [1.82, 2.24) is 29.2 Å². The minimum atomic E-state index is -4.41. The zero-order valence-electron chi connectivity index (χ0n) is 18.5. The molecule has 5 aromatic rings. The number of carbonyl (C=O) groups is 1. The zero-order chi connectivity index (χ0) is 24.0. The van der Waals surface area contributed by atoms with Gasteiger partial charge in [0.1, 0.15) is 5.82 Å². The summed E-state index contributed by atoms with van der Waals surface area (Å²) in [5.74, 6) is 0.664. The second-order valence-electron chi connectivity index (χ2n) is 8.11. The summed E-state index contributed by atoms with van der Waals surface area (Å²) >= 11 is 0. The van der Waals surface area contributed by atoms with Crippen LogP contribution in [-0.4, -0.2) is 36.4 Å². The van der Waals surface area contributed by atoms with Gasteiger partial charge in [-0.05, 0) is 42.5 Å². The first-order chi connectivity index (χ1) is 16.2. The second kappa shape index (κ2) is 8.05. The highest BCUT2D eigenvalue weighted by Crippen LogP contribution is 2.34. The molecule has 1 N–H and O–H groups in total. The van der Waals surface area contributed by atoms with Crippen molar-refractivity contribution in [2.24, 2.45) is 14.1 Å². The van der Waals surface area contributed by atoms with Crippen molar-refractivity contribution in [3.05, 3.63) is 78.0 Å². The number of hydrogen-bond acceptors (Lipinski definition) is 3.